The summed E-state index contributed by atoms with van der Waals surface area (Å²) >= 11 is 0. The Bertz CT molecular complexity index is 743. The Morgan fingerprint density at radius 1 is 1.10 bits per heavy atom. The van der Waals surface area contributed by atoms with E-state index in [1.807, 2.05) is 30.3 Å². The first kappa shape index (κ1) is 12.2. The lowest BCUT2D eigenvalue weighted by atomic mass is 10.1. The Kier molecular flexibility index (Phi) is 2.97. The molecule has 3 heterocycles. The molecule has 1 aromatic carbocycles. The lowest BCUT2D eigenvalue weighted by Gasteiger charge is -2.33. The highest BCUT2D eigenvalue weighted by atomic mass is 16.5. The molecule has 1 aliphatic rings. The molecule has 106 valence electrons. The van der Waals surface area contributed by atoms with Gasteiger partial charge in [0.15, 0.2) is 11.5 Å². The average molecular weight is 282 g/mol. The number of aromatic nitrogens is 5. The standard InChI is InChI=1S/C14H14N6O/c1-2-4-11(5-3-1)12-10-19(8-9-21-12)14-7-6-13-15-17-18-20(13)16-14/h1-7,12H,8-10H2/t12-/m1/s1. The van der Waals surface area contributed by atoms with Crippen molar-refractivity contribution in [1.82, 2.24) is 25.3 Å². The third kappa shape index (κ3) is 2.31. The number of morpholine rings is 1. The van der Waals surface area contributed by atoms with E-state index in [0.29, 0.717) is 12.3 Å². The fraction of sp³-hybridized carbons (Fsp3) is 0.286. The minimum absolute atomic E-state index is 0.0614. The van der Waals surface area contributed by atoms with Gasteiger partial charge in [-0.15, -0.1) is 14.8 Å². The van der Waals surface area contributed by atoms with Gasteiger partial charge in [-0.1, -0.05) is 30.3 Å². The second kappa shape index (κ2) is 5.10. The lowest BCUT2D eigenvalue weighted by Crippen LogP contribution is -2.39. The molecule has 2 aromatic heterocycles. The van der Waals surface area contributed by atoms with E-state index in [4.69, 9.17) is 4.74 Å². The summed E-state index contributed by atoms with van der Waals surface area (Å²) in [6.45, 7) is 2.25. The molecule has 0 N–H and O–H groups in total. The molecule has 1 atom stereocenters. The minimum atomic E-state index is 0.0614. The van der Waals surface area contributed by atoms with Crippen molar-refractivity contribution < 1.29 is 4.74 Å². The van der Waals surface area contributed by atoms with Crippen molar-refractivity contribution in [2.24, 2.45) is 0 Å². The molecule has 0 spiro atoms. The Morgan fingerprint density at radius 2 is 2.00 bits per heavy atom. The Balaban J connectivity index is 1.60. The molecule has 1 fully saturated rings. The molecular weight excluding hydrogens is 268 g/mol. The van der Waals surface area contributed by atoms with E-state index in [0.717, 1.165) is 18.9 Å². The molecule has 21 heavy (non-hydrogen) atoms. The summed E-state index contributed by atoms with van der Waals surface area (Å²) in [6.07, 6.45) is 0.0614. The number of hydrogen-bond acceptors (Lipinski definition) is 6. The number of benzene rings is 1. The summed E-state index contributed by atoms with van der Waals surface area (Å²) in [5, 5.41) is 15.7. The molecule has 0 aliphatic carbocycles. The van der Waals surface area contributed by atoms with Crippen LogP contribution in [0.25, 0.3) is 5.65 Å². The molecule has 1 saturated heterocycles. The molecular formula is C14H14N6O. The third-order valence-electron chi connectivity index (χ3n) is 3.62. The van der Waals surface area contributed by atoms with E-state index >= 15 is 0 Å². The van der Waals surface area contributed by atoms with E-state index in [-0.39, 0.29) is 6.10 Å². The van der Waals surface area contributed by atoms with Crippen LogP contribution in [0.4, 0.5) is 5.82 Å². The predicted octanol–water partition coefficient (Wildman–Crippen LogP) is 1.10. The fourth-order valence-corrected chi connectivity index (χ4v) is 2.54. The maximum Gasteiger partial charge on any atom is 0.200 e. The Morgan fingerprint density at radius 3 is 2.90 bits per heavy atom. The summed E-state index contributed by atoms with van der Waals surface area (Å²) in [5.41, 5.74) is 1.83. The van der Waals surface area contributed by atoms with E-state index in [9.17, 15) is 0 Å². The van der Waals surface area contributed by atoms with E-state index in [1.165, 1.54) is 10.2 Å². The SMILES string of the molecule is c1ccc([C@H]2CN(c3ccc4nnnn4n3)CCO2)cc1. The van der Waals surface area contributed by atoms with E-state index in [2.05, 4.69) is 37.7 Å². The van der Waals surface area contributed by atoms with Crippen molar-refractivity contribution in [3.63, 3.8) is 0 Å². The molecule has 4 rings (SSSR count). The lowest BCUT2D eigenvalue weighted by molar-refractivity contribution is 0.0394. The zero-order valence-corrected chi connectivity index (χ0v) is 11.3. The van der Waals surface area contributed by atoms with Crippen molar-refractivity contribution in [1.29, 1.82) is 0 Å². The first-order chi connectivity index (χ1) is 10.4. The minimum Gasteiger partial charge on any atom is -0.370 e. The number of hydrogen-bond donors (Lipinski definition) is 0. The van der Waals surface area contributed by atoms with Gasteiger partial charge < -0.3 is 9.64 Å². The van der Waals surface area contributed by atoms with Crippen molar-refractivity contribution in [2.45, 2.75) is 6.10 Å². The Labute approximate surface area is 121 Å². The average Bonchev–Trinajstić information content (AvgIpc) is 3.03. The first-order valence-corrected chi connectivity index (χ1v) is 6.87. The second-order valence-electron chi connectivity index (χ2n) is 4.93. The maximum atomic E-state index is 5.87. The summed E-state index contributed by atoms with van der Waals surface area (Å²) in [4.78, 5) is 2.20. The maximum absolute atomic E-state index is 5.87. The second-order valence-corrected chi connectivity index (χ2v) is 4.93. The largest absolute Gasteiger partial charge is 0.370 e. The van der Waals surface area contributed by atoms with Crippen LogP contribution in [0.5, 0.6) is 0 Å². The van der Waals surface area contributed by atoms with Gasteiger partial charge in [0.25, 0.3) is 0 Å². The van der Waals surface area contributed by atoms with Gasteiger partial charge in [-0.3, -0.25) is 0 Å². The van der Waals surface area contributed by atoms with Crippen LogP contribution in [-0.2, 0) is 4.74 Å². The van der Waals surface area contributed by atoms with Gasteiger partial charge in [-0.2, -0.15) is 0 Å². The number of tetrazole rings is 1. The van der Waals surface area contributed by atoms with Gasteiger partial charge >= 0.3 is 0 Å². The van der Waals surface area contributed by atoms with E-state index in [1.54, 1.807) is 0 Å². The van der Waals surface area contributed by atoms with Crippen molar-refractivity contribution in [3.05, 3.63) is 48.0 Å². The van der Waals surface area contributed by atoms with Gasteiger partial charge in [-0.05, 0) is 28.1 Å². The van der Waals surface area contributed by atoms with Gasteiger partial charge in [0.1, 0.15) is 6.10 Å². The molecule has 0 radical (unpaired) electrons. The number of anilines is 1. The van der Waals surface area contributed by atoms with Crippen LogP contribution in [0.3, 0.4) is 0 Å². The van der Waals surface area contributed by atoms with Crippen molar-refractivity contribution >= 4 is 11.5 Å². The smallest absolute Gasteiger partial charge is 0.200 e. The topological polar surface area (TPSA) is 68.4 Å². The predicted molar refractivity (Wildman–Crippen MR) is 75.9 cm³/mol. The quantitative estimate of drug-likeness (QED) is 0.701. The summed E-state index contributed by atoms with van der Waals surface area (Å²) in [6, 6.07) is 14.1. The van der Waals surface area contributed by atoms with E-state index < -0.39 is 0 Å². The van der Waals surface area contributed by atoms with Gasteiger partial charge in [0.2, 0.25) is 0 Å². The summed E-state index contributed by atoms with van der Waals surface area (Å²) in [5.74, 6) is 0.860. The van der Waals surface area contributed by atoms with Crippen LogP contribution < -0.4 is 4.90 Å². The van der Waals surface area contributed by atoms with Crippen LogP contribution >= 0.6 is 0 Å². The monoisotopic (exact) mass is 282 g/mol. The molecule has 0 amide bonds. The van der Waals surface area contributed by atoms with Crippen molar-refractivity contribution in [3.8, 4) is 0 Å². The zero-order chi connectivity index (χ0) is 14.1. The summed E-state index contributed by atoms with van der Waals surface area (Å²) in [7, 11) is 0. The fourth-order valence-electron chi connectivity index (χ4n) is 2.54. The highest BCUT2D eigenvalue weighted by molar-refractivity contribution is 5.45. The van der Waals surface area contributed by atoms with Gasteiger partial charge in [-0.25, -0.2) is 0 Å². The first-order valence-electron chi connectivity index (χ1n) is 6.87. The van der Waals surface area contributed by atoms with Crippen LogP contribution in [0, 0.1) is 0 Å². The Hall–Kier alpha value is -2.54. The molecule has 7 nitrogen and oxygen atoms in total. The molecule has 1 aliphatic heterocycles. The van der Waals surface area contributed by atoms with Crippen LogP contribution in [0.15, 0.2) is 42.5 Å². The number of rotatable bonds is 2. The normalized spacial score (nSPS) is 19.0. The number of nitrogens with zero attached hydrogens (tertiary/aromatic N) is 6. The van der Waals surface area contributed by atoms with Crippen LogP contribution in [-0.4, -0.2) is 45.0 Å². The van der Waals surface area contributed by atoms with Crippen LogP contribution in [0.2, 0.25) is 0 Å². The molecule has 0 bridgehead atoms. The molecule has 3 aromatic rings. The van der Waals surface area contributed by atoms with Gasteiger partial charge in [0, 0.05) is 13.1 Å². The number of ether oxygens (including phenoxy) is 1. The number of fused-ring (bicyclic) bond motifs is 1. The molecule has 0 unspecified atom stereocenters. The van der Waals surface area contributed by atoms with Gasteiger partial charge in [0.05, 0.1) is 6.61 Å². The van der Waals surface area contributed by atoms with Crippen LogP contribution in [0.1, 0.15) is 11.7 Å². The third-order valence-corrected chi connectivity index (χ3v) is 3.62. The van der Waals surface area contributed by atoms with Crippen molar-refractivity contribution in [2.75, 3.05) is 24.6 Å². The molecule has 0 saturated carbocycles. The zero-order valence-electron chi connectivity index (χ0n) is 11.3. The summed E-state index contributed by atoms with van der Waals surface area (Å²) < 4.78 is 7.32. The highest BCUT2D eigenvalue weighted by Crippen LogP contribution is 2.24. The molecule has 7 heteroatoms. The highest BCUT2D eigenvalue weighted by Gasteiger charge is 2.23.